The Morgan fingerprint density at radius 2 is 1.59 bits per heavy atom. The summed E-state index contributed by atoms with van der Waals surface area (Å²) in [5.41, 5.74) is 0. The van der Waals surface area contributed by atoms with E-state index in [0.717, 1.165) is 38.5 Å². The van der Waals surface area contributed by atoms with Crippen molar-refractivity contribution in [3.05, 3.63) is 0 Å². The fraction of sp³-hybridized carbons (Fsp3) is 0.882. The first kappa shape index (κ1) is 17.3. The normalized spacial score (nSPS) is 26.4. The molecule has 5 nitrogen and oxygen atoms in total. The van der Waals surface area contributed by atoms with Gasteiger partial charge in [0.25, 0.3) is 0 Å². The molecule has 2 amide bonds. The van der Waals surface area contributed by atoms with Crippen molar-refractivity contribution in [3.63, 3.8) is 0 Å². The highest BCUT2D eigenvalue weighted by Crippen LogP contribution is 2.26. The van der Waals surface area contributed by atoms with Gasteiger partial charge in [0.15, 0.2) is 0 Å². The molecule has 2 rings (SSSR count). The third-order valence-corrected chi connectivity index (χ3v) is 4.99. The van der Waals surface area contributed by atoms with Gasteiger partial charge in [0.1, 0.15) is 0 Å². The molecule has 0 aromatic rings. The number of nitrogens with one attached hydrogen (secondary N) is 2. The number of amides is 2. The Morgan fingerprint density at radius 1 is 0.864 bits per heavy atom. The van der Waals surface area contributed by atoms with Crippen molar-refractivity contribution in [2.75, 3.05) is 13.1 Å². The fourth-order valence-corrected chi connectivity index (χ4v) is 3.67. The highest BCUT2D eigenvalue weighted by atomic mass is 16.3. The Bertz CT molecular complexity index is 367. The molecular weight excluding hydrogens is 280 g/mol. The third kappa shape index (κ3) is 6.34. The van der Waals surface area contributed by atoms with E-state index in [1.807, 2.05) is 0 Å². The zero-order valence-corrected chi connectivity index (χ0v) is 13.5. The maximum absolute atomic E-state index is 11.8. The summed E-state index contributed by atoms with van der Waals surface area (Å²) in [4.78, 5) is 23.6. The van der Waals surface area contributed by atoms with Gasteiger partial charge < -0.3 is 15.7 Å². The zero-order chi connectivity index (χ0) is 15.8. The first-order valence-corrected chi connectivity index (χ1v) is 8.85. The zero-order valence-electron chi connectivity index (χ0n) is 13.5. The summed E-state index contributed by atoms with van der Waals surface area (Å²) in [6.07, 6.45) is 10.1. The number of rotatable bonds is 6. The first-order valence-electron chi connectivity index (χ1n) is 8.85. The van der Waals surface area contributed by atoms with Crippen LogP contribution in [0.1, 0.15) is 64.2 Å². The summed E-state index contributed by atoms with van der Waals surface area (Å²) >= 11 is 0. The Hall–Kier alpha value is -1.10. The number of carbonyl (C=O) groups is 2. The quantitative estimate of drug-likeness (QED) is 0.699. The van der Waals surface area contributed by atoms with Crippen molar-refractivity contribution < 1.29 is 14.7 Å². The van der Waals surface area contributed by atoms with Gasteiger partial charge in [-0.2, -0.15) is 0 Å². The molecule has 2 unspecified atom stereocenters. The first-order chi connectivity index (χ1) is 10.6. The molecule has 0 saturated heterocycles. The summed E-state index contributed by atoms with van der Waals surface area (Å²) in [5, 5.41) is 15.2. The number of carbonyl (C=O) groups excluding carboxylic acids is 2. The highest BCUT2D eigenvalue weighted by Gasteiger charge is 2.21. The summed E-state index contributed by atoms with van der Waals surface area (Å²) in [6, 6.07) is 0. The lowest BCUT2D eigenvalue weighted by Gasteiger charge is -2.26. The van der Waals surface area contributed by atoms with E-state index in [1.165, 1.54) is 19.3 Å². The van der Waals surface area contributed by atoms with Crippen LogP contribution in [0.15, 0.2) is 0 Å². The monoisotopic (exact) mass is 310 g/mol. The molecule has 2 aliphatic carbocycles. The van der Waals surface area contributed by atoms with Crippen LogP contribution in [0.5, 0.6) is 0 Å². The van der Waals surface area contributed by atoms with E-state index in [1.54, 1.807) is 0 Å². The Balaban J connectivity index is 1.55. The van der Waals surface area contributed by atoms with E-state index < -0.39 is 0 Å². The lowest BCUT2D eigenvalue weighted by atomic mass is 9.87. The summed E-state index contributed by atoms with van der Waals surface area (Å²) in [7, 11) is 0. The van der Waals surface area contributed by atoms with E-state index in [2.05, 4.69) is 10.6 Å². The second-order valence-corrected chi connectivity index (χ2v) is 6.98. The molecule has 2 fully saturated rings. The average Bonchev–Trinajstić information content (AvgIpc) is 2.52. The van der Waals surface area contributed by atoms with E-state index >= 15 is 0 Å². The minimum absolute atomic E-state index is 0.00450. The standard InChI is InChI=1S/C17H30N2O3/c20-15-8-4-7-14(9-15)11-18-17(22)12-19-16(21)10-13-5-2-1-3-6-13/h13-15,20H,1-12H2,(H,18,22)(H,19,21). The van der Waals surface area contributed by atoms with Crippen molar-refractivity contribution >= 4 is 11.8 Å². The van der Waals surface area contributed by atoms with Gasteiger partial charge in [-0.05, 0) is 43.9 Å². The van der Waals surface area contributed by atoms with Crippen molar-refractivity contribution in [3.8, 4) is 0 Å². The van der Waals surface area contributed by atoms with Crippen LogP contribution in [-0.4, -0.2) is 36.1 Å². The SMILES string of the molecule is O=C(CNC(=O)CC1CCCCC1)NCC1CCCC(O)C1. The highest BCUT2D eigenvalue weighted by molar-refractivity contribution is 5.84. The smallest absolute Gasteiger partial charge is 0.239 e. The molecule has 2 atom stereocenters. The maximum Gasteiger partial charge on any atom is 0.239 e. The van der Waals surface area contributed by atoms with Crippen LogP contribution in [-0.2, 0) is 9.59 Å². The summed E-state index contributed by atoms with van der Waals surface area (Å²) in [5.74, 6) is 0.735. The van der Waals surface area contributed by atoms with E-state index in [0.29, 0.717) is 24.8 Å². The minimum atomic E-state index is -0.217. The Morgan fingerprint density at radius 3 is 2.32 bits per heavy atom. The van der Waals surface area contributed by atoms with Crippen LogP contribution in [0.25, 0.3) is 0 Å². The molecule has 5 heteroatoms. The van der Waals surface area contributed by atoms with Gasteiger partial charge in [-0.15, -0.1) is 0 Å². The number of hydrogen-bond acceptors (Lipinski definition) is 3. The Kier molecular flexibility index (Phi) is 7.16. The molecule has 0 aromatic carbocycles. The fourth-order valence-electron chi connectivity index (χ4n) is 3.67. The van der Waals surface area contributed by atoms with Crippen molar-refractivity contribution in [2.45, 2.75) is 70.3 Å². The van der Waals surface area contributed by atoms with Gasteiger partial charge in [-0.25, -0.2) is 0 Å². The van der Waals surface area contributed by atoms with Crippen LogP contribution in [0.2, 0.25) is 0 Å². The molecule has 3 N–H and O–H groups in total. The van der Waals surface area contributed by atoms with Gasteiger partial charge in [0.2, 0.25) is 11.8 Å². The lowest BCUT2D eigenvalue weighted by Crippen LogP contribution is -2.40. The van der Waals surface area contributed by atoms with E-state index in [4.69, 9.17) is 0 Å². The molecule has 0 spiro atoms. The van der Waals surface area contributed by atoms with Crippen LogP contribution in [0.4, 0.5) is 0 Å². The van der Waals surface area contributed by atoms with E-state index in [-0.39, 0.29) is 24.5 Å². The number of aliphatic hydroxyl groups excluding tert-OH is 1. The third-order valence-electron chi connectivity index (χ3n) is 4.99. The van der Waals surface area contributed by atoms with Crippen molar-refractivity contribution in [2.24, 2.45) is 11.8 Å². The second kappa shape index (κ2) is 9.13. The molecular formula is C17H30N2O3. The summed E-state index contributed by atoms with van der Waals surface area (Å²) < 4.78 is 0. The molecule has 0 bridgehead atoms. The van der Waals surface area contributed by atoms with Crippen LogP contribution in [0, 0.1) is 11.8 Å². The van der Waals surface area contributed by atoms with Crippen molar-refractivity contribution in [1.82, 2.24) is 10.6 Å². The molecule has 2 aliphatic rings. The van der Waals surface area contributed by atoms with Crippen LogP contribution in [0.3, 0.4) is 0 Å². The minimum Gasteiger partial charge on any atom is -0.393 e. The molecule has 0 heterocycles. The largest absolute Gasteiger partial charge is 0.393 e. The number of hydrogen-bond donors (Lipinski definition) is 3. The van der Waals surface area contributed by atoms with Gasteiger partial charge in [-0.3, -0.25) is 9.59 Å². The molecule has 0 aromatic heterocycles. The molecule has 126 valence electrons. The van der Waals surface area contributed by atoms with E-state index in [9.17, 15) is 14.7 Å². The molecule has 2 saturated carbocycles. The van der Waals surface area contributed by atoms with Gasteiger partial charge in [0, 0.05) is 13.0 Å². The predicted octanol–water partition coefficient (Wildman–Crippen LogP) is 1.74. The molecule has 0 radical (unpaired) electrons. The van der Waals surface area contributed by atoms with Gasteiger partial charge >= 0.3 is 0 Å². The molecule has 0 aliphatic heterocycles. The number of aliphatic hydroxyl groups is 1. The van der Waals surface area contributed by atoms with Crippen LogP contribution >= 0.6 is 0 Å². The average molecular weight is 310 g/mol. The molecule has 22 heavy (non-hydrogen) atoms. The van der Waals surface area contributed by atoms with Crippen molar-refractivity contribution in [1.29, 1.82) is 0 Å². The van der Waals surface area contributed by atoms with Gasteiger partial charge in [0.05, 0.1) is 12.6 Å². The maximum atomic E-state index is 11.8. The predicted molar refractivity (Wildman–Crippen MR) is 85.2 cm³/mol. The Labute approximate surface area is 133 Å². The lowest BCUT2D eigenvalue weighted by molar-refractivity contribution is -0.126. The summed E-state index contributed by atoms with van der Waals surface area (Å²) in [6.45, 7) is 0.676. The van der Waals surface area contributed by atoms with Gasteiger partial charge in [-0.1, -0.05) is 25.7 Å². The second-order valence-electron chi connectivity index (χ2n) is 6.98. The van der Waals surface area contributed by atoms with Crippen LogP contribution < -0.4 is 10.6 Å². The topological polar surface area (TPSA) is 78.4 Å².